The summed E-state index contributed by atoms with van der Waals surface area (Å²) in [5.41, 5.74) is 2.91. The van der Waals surface area contributed by atoms with Crippen LogP contribution in [0, 0.1) is 0 Å². The van der Waals surface area contributed by atoms with Crippen LogP contribution in [-0.4, -0.2) is 55.2 Å². The Morgan fingerprint density at radius 3 is 2.69 bits per heavy atom. The van der Waals surface area contributed by atoms with E-state index in [1.807, 2.05) is 52.0 Å². The predicted molar refractivity (Wildman–Crippen MR) is 119 cm³/mol. The van der Waals surface area contributed by atoms with Gasteiger partial charge in [-0.15, -0.1) is 0 Å². The molecule has 0 aliphatic carbocycles. The summed E-state index contributed by atoms with van der Waals surface area (Å²) in [4.78, 5) is 28.1. The van der Waals surface area contributed by atoms with E-state index in [0.717, 1.165) is 42.0 Å². The van der Waals surface area contributed by atoms with Gasteiger partial charge in [-0.25, -0.2) is 14.6 Å². The molecule has 8 nitrogen and oxygen atoms in total. The van der Waals surface area contributed by atoms with Gasteiger partial charge in [-0.05, 0) is 37.1 Å². The Morgan fingerprint density at radius 1 is 1.00 bits per heavy atom. The third kappa shape index (κ3) is 4.16. The Bertz CT molecular complexity index is 1200. The second kappa shape index (κ2) is 9.13. The summed E-state index contributed by atoms with van der Waals surface area (Å²) in [6.07, 6.45) is 6.89. The van der Waals surface area contributed by atoms with Crippen molar-refractivity contribution in [1.29, 1.82) is 0 Å². The minimum atomic E-state index is -0.0404. The van der Waals surface area contributed by atoms with E-state index in [0.29, 0.717) is 25.4 Å². The van der Waals surface area contributed by atoms with E-state index < -0.39 is 0 Å². The van der Waals surface area contributed by atoms with Gasteiger partial charge < -0.3 is 9.64 Å². The third-order valence-corrected chi connectivity index (χ3v) is 5.69. The maximum atomic E-state index is 12.9. The average Bonchev–Trinajstić information content (AvgIpc) is 3.24. The lowest BCUT2D eigenvalue weighted by molar-refractivity contribution is 0.0700. The molecule has 1 aliphatic rings. The second-order valence-electron chi connectivity index (χ2n) is 7.80. The van der Waals surface area contributed by atoms with Crippen LogP contribution < -0.4 is 4.74 Å². The second-order valence-corrected chi connectivity index (χ2v) is 7.80. The van der Waals surface area contributed by atoms with Crippen molar-refractivity contribution in [3.8, 4) is 5.75 Å². The van der Waals surface area contributed by atoms with Gasteiger partial charge in [-0.1, -0.05) is 24.3 Å². The van der Waals surface area contributed by atoms with E-state index in [-0.39, 0.29) is 11.8 Å². The normalized spacial score (nSPS) is 16.2. The maximum absolute atomic E-state index is 12.9. The lowest BCUT2D eigenvalue weighted by atomic mass is 9.94. The van der Waals surface area contributed by atoms with Crippen LogP contribution in [0.5, 0.6) is 5.75 Å². The Balaban J connectivity index is 1.35. The highest BCUT2D eigenvalue weighted by Crippen LogP contribution is 2.30. The topological polar surface area (TPSA) is 86.0 Å². The van der Waals surface area contributed by atoms with Crippen LogP contribution in [0.25, 0.3) is 11.2 Å². The van der Waals surface area contributed by atoms with Crippen molar-refractivity contribution in [3.63, 3.8) is 0 Å². The number of fused-ring (bicyclic) bond motifs is 1. The maximum Gasteiger partial charge on any atom is 0.272 e. The zero-order chi connectivity index (χ0) is 21.8. The number of pyridine rings is 1. The highest BCUT2D eigenvalue weighted by atomic mass is 16.5. The van der Waals surface area contributed by atoms with Gasteiger partial charge in [0.1, 0.15) is 23.6 Å². The summed E-state index contributed by atoms with van der Waals surface area (Å²) in [7, 11) is 0. The van der Waals surface area contributed by atoms with Gasteiger partial charge in [0.05, 0.1) is 12.2 Å². The highest BCUT2D eigenvalue weighted by Gasteiger charge is 2.30. The number of ether oxygens (including phenoxy) is 1. The van der Waals surface area contributed by atoms with Crippen molar-refractivity contribution in [2.24, 2.45) is 0 Å². The fourth-order valence-corrected chi connectivity index (χ4v) is 4.16. The molecule has 32 heavy (non-hydrogen) atoms. The van der Waals surface area contributed by atoms with Crippen LogP contribution in [0.15, 0.2) is 67.1 Å². The van der Waals surface area contributed by atoms with Crippen LogP contribution in [0.4, 0.5) is 0 Å². The minimum absolute atomic E-state index is 0.0404. The molecule has 1 unspecified atom stereocenters. The lowest BCUT2D eigenvalue weighted by Gasteiger charge is -2.31. The molecular formula is C24H24N6O2. The molecule has 1 amide bonds. The largest absolute Gasteiger partial charge is 0.492 e. The number of carbonyl (C=O) groups excluding carboxylic acids is 1. The van der Waals surface area contributed by atoms with Gasteiger partial charge in [0.15, 0.2) is 5.65 Å². The average molecular weight is 428 g/mol. The van der Waals surface area contributed by atoms with Crippen molar-refractivity contribution >= 4 is 17.1 Å². The number of aromatic nitrogens is 5. The lowest BCUT2D eigenvalue weighted by Crippen LogP contribution is -2.39. The van der Waals surface area contributed by atoms with Crippen molar-refractivity contribution in [1.82, 2.24) is 29.6 Å². The summed E-state index contributed by atoms with van der Waals surface area (Å²) in [6, 6.07) is 15.1. The molecular weight excluding hydrogens is 404 g/mol. The van der Waals surface area contributed by atoms with Crippen molar-refractivity contribution in [2.75, 3.05) is 19.7 Å². The van der Waals surface area contributed by atoms with E-state index in [9.17, 15) is 4.79 Å². The van der Waals surface area contributed by atoms with E-state index >= 15 is 0 Å². The van der Waals surface area contributed by atoms with Crippen molar-refractivity contribution in [2.45, 2.75) is 25.3 Å². The number of carbonyl (C=O) groups is 1. The van der Waals surface area contributed by atoms with Crippen molar-refractivity contribution < 1.29 is 9.53 Å². The number of benzene rings is 1. The SMILES string of the molecule is O=C(c1ccccn1)N1CCCC(c2nn(CCOc3ccccc3)c3nccnc23)C1. The highest BCUT2D eigenvalue weighted by molar-refractivity contribution is 5.92. The fourth-order valence-electron chi connectivity index (χ4n) is 4.16. The first-order valence-corrected chi connectivity index (χ1v) is 10.8. The van der Waals surface area contributed by atoms with E-state index in [1.165, 1.54) is 0 Å². The molecule has 0 radical (unpaired) electrons. The summed E-state index contributed by atoms with van der Waals surface area (Å²) in [5.74, 6) is 0.888. The molecule has 4 aromatic rings. The van der Waals surface area contributed by atoms with Crippen LogP contribution in [0.1, 0.15) is 34.9 Å². The quantitative estimate of drug-likeness (QED) is 0.468. The summed E-state index contributed by atoms with van der Waals surface area (Å²) >= 11 is 0. The number of nitrogens with zero attached hydrogens (tertiary/aromatic N) is 6. The van der Waals surface area contributed by atoms with Gasteiger partial charge in [-0.3, -0.25) is 9.78 Å². The number of hydrogen-bond acceptors (Lipinski definition) is 6. The fraction of sp³-hybridized carbons (Fsp3) is 0.292. The number of hydrogen-bond donors (Lipinski definition) is 0. The minimum Gasteiger partial charge on any atom is -0.492 e. The summed E-state index contributed by atoms with van der Waals surface area (Å²) in [6.45, 7) is 2.36. The van der Waals surface area contributed by atoms with Crippen molar-refractivity contribution in [3.05, 3.63) is 78.5 Å². The molecule has 0 bridgehead atoms. The van der Waals surface area contributed by atoms with Crippen LogP contribution >= 0.6 is 0 Å². The molecule has 1 aliphatic heterocycles. The van der Waals surface area contributed by atoms with Gasteiger partial charge in [0.2, 0.25) is 0 Å². The summed E-state index contributed by atoms with van der Waals surface area (Å²) < 4.78 is 7.70. The molecule has 3 aromatic heterocycles. The number of piperidine rings is 1. The third-order valence-electron chi connectivity index (χ3n) is 5.69. The Hall–Kier alpha value is -3.81. The Kier molecular flexibility index (Phi) is 5.74. The molecule has 1 atom stereocenters. The first-order valence-electron chi connectivity index (χ1n) is 10.8. The van der Waals surface area contributed by atoms with Gasteiger partial charge in [0, 0.05) is 37.6 Å². The number of rotatable bonds is 6. The molecule has 1 fully saturated rings. The first kappa shape index (κ1) is 20.1. The van der Waals surface area contributed by atoms with Crippen LogP contribution in [0.3, 0.4) is 0 Å². The standard InChI is InChI=1S/C24H24N6O2/c31-24(20-10-4-5-11-25-20)29-14-6-7-18(17-29)21-22-23(27-13-12-26-22)30(28-21)15-16-32-19-8-2-1-3-9-19/h1-5,8-13,18H,6-7,14-17H2. The van der Waals surface area contributed by atoms with Gasteiger partial charge in [0.25, 0.3) is 5.91 Å². The van der Waals surface area contributed by atoms with Crippen LogP contribution in [-0.2, 0) is 6.54 Å². The number of para-hydroxylation sites is 1. The zero-order valence-electron chi connectivity index (χ0n) is 17.7. The van der Waals surface area contributed by atoms with Gasteiger partial charge >= 0.3 is 0 Å². The molecule has 162 valence electrons. The van der Waals surface area contributed by atoms with E-state index in [2.05, 4.69) is 15.0 Å². The smallest absolute Gasteiger partial charge is 0.272 e. The molecule has 0 spiro atoms. The van der Waals surface area contributed by atoms with Gasteiger partial charge in [-0.2, -0.15) is 5.10 Å². The molecule has 0 saturated carbocycles. The predicted octanol–water partition coefficient (Wildman–Crippen LogP) is 3.32. The molecule has 1 saturated heterocycles. The van der Waals surface area contributed by atoms with Crippen LogP contribution in [0.2, 0.25) is 0 Å². The zero-order valence-corrected chi connectivity index (χ0v) is 17.7. The molecule has 5 rings (SSSR count). The van der Waals surface area contributed by atoms with E-state index in [1.54, 1.807) is 24.7 Å². The monoisotopic (exact) mass is 428 g/mol. The molecule has 4 heterocycles. The molecule has 0 N–H and O–H groups in total. The first-order chi connectivity index (χ1) is 15.8. The number of amides is 1. The Morgan fingerprint density at radius 2 is 1.84 bits per heavy atom. The Labute approximate surface area is 185 Å². The summed E-state index contributed by atoms with van der Waals surface area (Å²) in [5, 5.41) is 4.87. The molecule has 1 aromatic carbocycles. The number of likely N-dealkylation sites (tertiary alicyclic amines) is 1. The van der Waals surface area contributed by atoms with E-state index in [4.69, 9.17) is 9.84 Å². The molecule has 8 heteroatoms.